The molecule has 2 atom stereocenters. The largest absolute Gasteiger partial charge is 0.465 e. The van der Waals surface area contributed by atoms with Crippen LogP contribution in [-0.2, 0) is 9.53 Å². The minimum absolute atomic E-state index is 0.0106. The van der Waals surface area contributed by atoms with Crippen LogP contribution >= 0.6 is 0 Å². The average Bonchev–Trinajstić information content (AvgIpc) is 2.92. The van der Waals surface area contributed by atoms with E-state index in [4.69, 9.17) is 4.74 Å². The third kappa shape index (κ3) is 2.79. The molecule has 3 fully saturated rings. The third-order valence-electron chi connectivity index (χ3n) is 4.87. The monoisotopic (exact) mass is 266 g/mol. The molecule has 108 valence electrons. The van der Waals surface area contributed by atoms with Crippen LogP contribution in [0.15, 0.2) is 0 Å². The maximum atomic E-state index is 12.4. The van der Waals surface area contributed by atoms with Gasteiger partial charge < -0.3 is 9.64 Å². The molecule has 3 rings (SSSR count). The summed E-state index contributed by atoms with van der Waals surface area (Å²) in [5, 5.41) is 3.60. The summed E-state index contributed by atoms with van der Waals surface area (Å²) in [6.45, 7) is 4.82. The molecule has 0 spiro atoms. The molecule has 1 saturated heterocycles. The SMILES string of the molecule is CCOC(=O)C1(NC2CC2)CCC(N2CCCC2)C1. The van der Waals surface area contributed by atoms with Gasteiger partial charge in [-0.25, -0.2) is 0 Å². The number of hydrogen-bond donors (Lipinski definition) is 1. The van der Waals surface area contributed by atoms with Gasteiger partial charge in [0.05, 0.1) is 6.61 Å². The molecule has 1 aliphatic heterocycles. The van der Waals surface area contributed by atoms with Crippen LogP contribution in [-0.4, -0.2) is 48.2 Å². The molecule has 2 aliphatic carbocycles. The van der Waals surface area contributed by atoms with Crippen LogP contribution in [0.2, 0.25) is 0 Å². The van der Waals surface area contributed by atoms with Gasteiger partial charge in [0.1, 0.15) is 5.54 Å². The molecule has 0 aromatic heterocycles. The first-order valence-electron chi connectivity index (χ1n) is 7.92. The molecule has 0 aromatic rings. The normalized spacial score (nSPS) is 35.7. The van der Waals surface area contributed by atoms with Crippen molar-refractivity contribution >= 4 is 5.97 Å². The van der Waals surface area contributed by atoms with Crippen LogP contribution in [0.25, 0.3) is 0 Å². The zero-order chi connectivity index (χ0) is 13.3. The van der Waals surface area contributed by atoms with Gasteiger partial charge in [0.25, 0.3) is 0 Å². The predicted molar refractivity (Wildman–Crippen MR) is 74.0 cm³/mol. The van der Waals surface area contributed by atoms with E-state index >= 15 is 0 Å². The van der Waals surface area contributed by atoms with Crippen molar-refractivity contribution < 1.29 is 9.53 Å². The highest BCUT2D eigenvalue weighted by atomic mass is 16.5. The van der Waals surface area contributed by atoms with E-state index in [-0.39, 0.29) is 11.5 Å². The number of likely N-dealkylation sites (tertiary alicyclic amines) is 1. The lowest BCUT2D eigenvalue weighted by Crippen LogP contribution is -2.53. The molecule has 4 nitrogen and oxygen atoms in total. The number of esters is 1. The molecular formula is C15H26N2O2. The standard InChI is InChI=1S/C15H26N2O2/c1-2-19-14(18)15(16-12-5-6-12)8-7-13(11-15)17-9-3-4-10-17/h12-13,16H,2-11H2,1H3. The molecule has 0 aromatic carbocycles. The Kier molecular flexibility index (Phi) is 3.81. The second kappa shape index (κ2) is 5.41. The molecule has 1 heterocycles. The van der Waals surface area contributed by atoms with Crippen LogP contribution in [0.3, 0.4) is 0 Å². The first kappa shape index (κ1) is 13.4. The fraction of sp³-hybridized carbons (Fsp3) is 0.933. The summed E-state index contributed by atoms with van der Waals surface area (Å²) >= 11 is 0. The van der Waals surface area contributed by atoms with Crippen molar-refractivity contribution in [2.24, 2.45) is 0 Å². The first-order chi connectivity index (χ1) is 9.23. The van der Waals surface area contributed by atoms with Gasteiger partial charge in [-0.3, -0.25) is 10.1 Å². The van der Waals surface area contributed by atoms with Crippen molar-refractivity contribution in [3.05, 3.63) is 0 Å². The molecule has 0 bridgehead atoms. The zero-order valence-electron chi connectivity index (χ0n) is 12.0. The van der Waals surface area contributed by atoms with Crippen LogP contribution in [0.1, 0.15) is 51.9 Å². The van der Waals surface area contributed by atoms with Crippen molar-refractivity contribution in [1.29, 1.82) is 0 Å². The Bertz CT molecular complexity index is 337. The Morgan fingerprint density at radius 2 is 2.05 bits per heavy atom. The number of hydrogen-bond acceptors (Lipinski definition) is 4. The number of carbonyl (C=O) groups is 1. The van der Waals surface area contributed by atoms with E-state index in [1.165, 1.54) is 38.8 Å². The Hall–Kier alpha value is -0.610. The van der Waals surface area contributed by atoms with Gasteiger partial charge in [-0.05, 0) is 65.0 Å². The molecule has 0 amide bonds. The zero-order valence-corrected chi connectivity index (χ0v) is 12.0. The minimum atomic E-state index is -0.384. The number of rotatable bonds is 5. The van der Waals surface area contributed by atoms with E-state index in [9.17, 15) is 4.79 Å². The highest BCUT2D eigenvalue weighted by molar-refractivity contribution is 5.81. The molecule has 4 heteroatoms. The second-order valence-electron chi connectivity index (χ2n) is 6.36. The van der Waals surface area contributed by atoms with Gasteiger partial charge in [0.15, 0.2) is 0 Å². The fourth-order valence-electron chi connectivity index (χ4n) is 3.70. The van der Waals surface area contributed by atoms with Gasteiger partial charge in [-0.2, -0.15) is 0 Å². The number of nitrogens with zero attached hydrogens (tertiary/aromatic N) is 1. The third-order valence-corrected chi connectivity index (χ3v) is 4.87. The molecule has 2 saturated carbocycles. The molecule has 1 N–H and O–H groups in total. The lowest BCUT2D eigenvalue weighted by atomic mass is 9.97. The summed E-state index contributed by atoms with van der Waals surface area (Å²) in [7, 11) is 0. The average molecular weight is 266 g/mol. The predicted octanol–water partition coefficient (Wildman–Crippen LogP) is 1.69. The maximum absolute atomic E-state index is 12.4. The van der Waals surface area contributed by atoms with E-state index in [0.717, 1.165) is 19.3 Å². The van der Waals surface area contributed by atoms with E-state index in [2.05, 4.69) is 10.2 Å². The summed E-state index contributed by atoms with van der Waals surface area (Å²) in [5.74, 6) is -0.0106. The number of ether oxygens (including phenoxy) is 1. The van der Waals surface area contributed by atoms with Gasteiger partial charge in [-0.15, -0.1) is 0 Å². The van der Waals surface area contributed by atoms with E-state index in [1.54, 1.807) is 0 Å². The van der Waals surface area contributed by atoms with Gasteiger partial charge in [0, 0.05) is 12.1 Å². The van der Waals surface area contributed by atoms with Crippen molar-refractivity contribution in [3.8, 4) is 0 Å². The second-order valence-corrected chi connectivity index (χ2v) is 6.36. The van der Waals surface area contributed by atoms with Crippen LogP contribution in [0.4, 0.5) is 0 Å². The summed E-state index contributed by atoms with van der Waals surface area (Å²) in [4.78, 5) is 15.0. The van der Waals surface area contributed by atoms with Crippen LogP contribution in [0, 0.1) is 0 Å². The summed E-state index contributed by atoms with van der Waals surface area (Å²) in [5.41, 5.74) is -0.384. The lowest BCUT2D eigenvalue weighted by Gasteiger charge is -2.30. The molecule has 2 unspecified atom stereocenters. The van der Waals surface area contributed by atoms with Gasteiger partial charge >= 0.3 is 5.97 Å². The van der Waals surface area contributed by atoms with Crippen LogP contribution in [0.5, 0.6) is 0 Å². The van der Waals surface area contributed by atoms with E-state index < -0.39 is 0 Å². The lowest BCUT2D eigenvalue weighted by molar-refractivity contribution is -0.151. The highest BCUT2D eigenvalue weighted by Crippen LogP contribution is 2.38. The maximum Gasteiger partial charge on any atom is 0.326 e. The highest BCUT2D eigenvalue weighted by Gasteiger charge is 2.50. The Morgan fingerprint density at radius 1 is 1.32 bits per heavy atom. The van der Waals surface area contributed by atoms with Crippen molar-refractivity contribution in [2.75, 3.05) is 19.7 Å². The molecule has 3 aliphatic rings. The van der Waals surface area contributed by atoms with Gasteiger partial charge in [0.2, 0.25) is 0 Å². The molecule has 19 heavy (non-hydrogen) atoms. The van der Waals surface area contributed by atoms with Gasteiger partial charge in [-0.1, -0.05) is 0 Å². The van der Waals surface area contributed by atoms with Crippen molar-refractivity contribution in [3.63, 3.8) is 0 Å². The van der Waals surface area contributed by atoms with Crippen LogP contribution < -0.4 is 5.32 Å². The topological polar surface area (TPSA) is 41.6 Å². The first-order valence-corrected chi connectivity index (χ1v) is 7.92. The minimum Gasteiger partial charge on any atom is -0.465 e. The quantitative estimate of drug-likeness (QED) is 0.769. The van der Waals surface area contributed by atoms with Crippen molar-refractivity contribution in [1.82, 2.24) is 10.2 Å². The molecule has 0 radical (unpaired) electrons. The Balaban J connectivity index is 1.67. The Labute approximate surface area is 115 Å². The smallest absolute Gasteiger partial charge is 0.326 e. The number of carbonyl (C=O) groups excluding carboxylic acids is 1. The van der Waals surface area contributed by atoms with E-state index in [1.807, 2.05) is 6.92 Å². The molecular weight excluding hydrogens is 240 g/mol. The Morgan fingerprint density at radius 3 is 2.68 bits per heavy atom. The van der Waals surface area contributed by atoms with Crippen molar-refractivity contribution in [2.45, 2.75) is 69.5 Å². The number of nitrogens with one attached hydrogen (secondary N) is 1. The van der Waals surface area contributed by atoms with E-state index in [0.29, 0.717) is 18.7 Å². The summed E-state index contributed by atoms with van der Waals surface area (Å²) in [6.07, 6.45) is 8.10. The summed E-state index contributed by atoms with van der Waals surface area (Å²) in [6, 6.07) is 1.14. The summed E-state index contributed by atoms with van der Waals surface area (Å²) < 4.78 is 5.35. The fourth-order valence-corrected chi connectivity index (χ4v) is 3.70.